The van der Waals surface area contributed by atoms with Gasteiger partial charge in [-0.25, -0.2) is 9.78 Å². The molecule has 1 N–H and O–H groups in total. The Morgan fingerprint density at radius 3 is 2.37 bits per heavy atom. The second kappa shape index (κ2) is 8.94. The summed E-state index contributed by atoms with van der Waals surface area (Å²) in [6, 6.07) is 10.9. The summed E-state index contributed by atoms with van der Waals surface area (Å²) in [6.45, 7) is 0. The first-order valence-corrected chi connectivity index (χ1v) is 14.7. The third-order valence-corrected chi connectivity index (χ3v) is 10.9. The lowest BCUT2D eigenvalue weighted by atomic mass is 9.54. The van der Waals surface area contributed by atoms with Crippen LogP contribution in [-0.4, -0.2) is 21.2 Å². The number of halogens is 2. The maximum absolute atomic E-state index is 11.7. The molecular weight excluding hydrogens is 539 g/mol. The van der Waals surface area contributed by atoms with E-state index >= 15 is 0 Å². The molecule has 2 heterocycles. The van der Waals surface area contributed by atoms with E-state index in [1.165, 1.54) is 0 Å². The zero-order valence-electron chi connectivity index (χ0n) is 20.7. The molecule has 0 amide bonds. The molecule has 0 atom stereocenters. The molecule has 38 heavy (non-hydrogen) atoms. The fraction of sp³-hybridized carbons (Fsp3) is 0.367. The van der Waals surface area contributed by atoms with Crippen LogP contribution in [0.4, 0.5) is 0 Å². The van der Waals surface area contributed by atoms with Crippen molar-refractivity contribution in [2.45, 2.75) is 62.7 Å². The largest absolute Gasteiger partial charge is 0.478 e. The zero-order valence-corrected chi connectivity index (χ0v) is 23.0. The fourth-order valence-corrected chi connectivity index (χ4v) is 8.33. The molecule has 4 aliphatic rings. The summed E-state index contributed by atoms with van der Waals surface area (Å²) < 4.78 is 6.65. The summed E-state index contributed by atoms with van der Waals surface area (Å²) in [7, 11) is 0. The van der Waals surface area contributed by atoms with E-state index in [-0.39, 0.29) is 10.8 Å². The lowest BCUT2D eigenvalue weighted by molar-refractivity contribution is 0.0699. The zero-order chi connectivity index (χ0) is 26.1. The smallest absolute Gasteiger partial charge is 0.337 e. The van der Waals surface area contributed by atoms with Gasteiger partial charge in [0.05, 0.1) is 25.8 Å². The molecule has 4 saturated carbocycles. The number of aromatic carboxylic acids is 1. The van der Waals surface area contributed by atoms with Gasteiger partial charge in [0.1, 0.15) is 16.5 Å². The molecule has 8 rings (SSSR count). The molecule has 0 unspecified atom stereocenters. The Hall–Kier alpha value is -2.67. The van der Waals surface area contributed by atoms with Crippen LogP contribution in [-0.2, 0) is 5.41 Å². The Kier molecular flexibility index (Phi) is 5.73. The van der Waals surface area contributed by atoms with Gasteiger partial charge in [-0.05, 0) is 81.0 Å². The van der Waals surface area contributed by atoms with Crippen LogP contribution >= 0.6 is 34.5 Å². The average Bonchev–Trinajstić information content (AvgIpc) is 3.52. The van der Waals surface area contributed by atoms with Crippen LogP contribution < -0.4 is 0 Å². The first-order valence-electron chi connectivity index (χ1n) is 13.1. The highest BCUT2D eigenvalue weighted by molar-refractivity contribution is 7.19. The summed E-state index contributed by atoms with van der Waals surface area (Å²) in [5, 5.41) is 16.3. The number of hydrogen-bond donors (Lipinski definition) is 1. The van der Waals surface area contributed by atoms with Crippen LogP contribution in [0, 0.1) is 5.41 Å². The molecule has 4 fully saturated rings. The minimum Gasteiger partial charge on any atom is -0.478 e. The van der Waals surface area contributed by atoms with Crippen molar-refractivity contribution in [2.75, 3.05) is 0 Å². The van der Waals surface area contributed by atoms with E-state index < -0.39 is 5.97 Å². The average molecular weight is 566 g/mol. The van der Waals surface area contributed by atoms with Gasteiger partial charge in [-0.1, -0.05) is 52.6 Å². The fourth-order valence-electron chi connectivity index (χ4n) is 6.41. The molecule has 2 aromatic carbocycles. The SMILES string of the molecule is O=C(O)c1cccc2nc(C34CCC(C=Cc5c(-c6c(Cl)cccc6Cl)noc5C5CC5)(CC3)CC4)sc12. The van der Waals surface area contributed by atoms with Crippen LogP contribution in [0.25, 0.3) is 27.6 Å². The van der Waals surface area contributed by atoms with Gasteiger partial charge in [-0.15, -0.1) is 11.3 Å². The van der Waals surface area contributed by atoms with E-state index in [0.717, 1.165) is 89.2 Å². The number of aromatic nitrogens is 2. The molecule has 0 radical (unpaired) electrons. The second-order valence-electron chi connectivity index (χ2n) is 11.1. The van der Waals surface area contributed by atoms with Crippen LogP contribution in [0.3, 0.4) is 0 Å². The van der Waals surface area contributed by atoms with Gasteiger partial charge in [0.25, 0.3) is 0 Å². The molecule has 0 aliphatic heterocycles. The number of benzene rings is 2. The summed E-state index contributed by atoms with van der Waals surface area (Å²) in [6.07, 6.45) is 13.3. The van der Waals surface area contributed by atoms with Gasteiger partial charge in [-0.2, -0.15) is 0 Å². The van der Waals surface area contributed by atoms with Gasteiger partial charge in [0, 0.05) is 22.5 Å². The van der Waals surface area contributed by atoms with Crippen molar-refractivity contribution in [2.24, 2.45) is 5.41 Å². The molecule has 2 bridgehead atoms. The third kappa shape index (κ3) is 3.92. The number of carboxylic acid groups (broad SMARTS) is 1. The van der Waals surface area contributed by atoms with E-state index in [0.29, 0.717) is 21.5 Å². The normalized spacial score (nSPS) is 25.0. The monoisotopic (exact) mass is 564 g/mol. The van der Waals surface area contributed by atoms with Crippen LogP contribution in [0.1, 0.15) is 84.0 Å². The van der Waals surface area contributed by atoms with Crippen molar-refractivity contribution in [1.82, 2.24) is 10.1 Å². The first-order chi connectivity index (χ1) is 18.4. The van der Waals surface area contributed by atoms with Crippen molar-refractivity contribution >= 4 is 56.8 Å². The molecular formula is C30H26Cl2N2O3S. The van der Waals surface area contributed by atoms with E-state index in [1.807, 2.05) is 24.3 Å². The number of carboxylic acids is 1. The highest BCUT2D eigenvalue weighted by Gasteiger charge is 2.50. The van der Waals surface area contributed by atoms with Crippen LogP contribution in [0.15, 0.2) is 47.0 Å². The maximum atomic E-state index is 11.7. The van der Waals surface area contributed by atoms with E-state index in [1.54, 1.807) is 23.5 Å². The Balaban J connectivity index is 1.19. The molecule has 2 aromatic heterocycles. The first kappa shape index (κ1) is 24.4. The van der Waals surface area contributed by atoms with Gasteiger partial charge in [0.15, 0.2) is 0 Å². The Morgan fingerprint density at radius 1 is 1.03 bits per heavy atom. The van der Waals surface area contributed by atoms with Gasteiger partial charge in [-0.3, -0.25) is 0 Å². The van der Waals surface area contributed by atoms with Crippen molar-refractivity contribution in [3.05, 3.63) is 74.4 Å². The Morgan fingerprint density at radius 2 is 1.71 bits per heavy atom. The summed E-state index contributed by atoms with van der Waals surface area (Å²) in [5.74, 6) is 0.458. The number of allylic oxidation sites excluding steroid dienone is 1. The Labute approximate surface area is 234 Å². The van der Waals surface area contributed by atoms with E-state index in [9.17, 15) is 9.90 Å². The van der Waals surface area contributed by atoms with Gasteiger partial charge >= 0.3 is 5.97 Å². The van der Waals surface area contributed by atoms with Crippen LogP contribution in [0.2, 0.25) is 10.0 Å². The summed E-state index contributed by atoms with van der Waals surface area (Å²) in [4.78, 5) is 16.7. The maximum Gasteiger partial charge on any atom is 0.337 e. The lowest BCUT2D eigenvalue weighted by Crippen LogP contribution is -2.43. The summed E-state index contributed by atoms with van der Waals surface area (Å²) in [5.41, 5.74) is 3.78. The number of carbonyl (C=O) groups is 1. The minimum absolute atomic E-state index is 0.0433. The van der Waals surface area contributed by atoms with Gasteiger partial charge in [0.2, 0.25) is 0 Å². The highest BCUT2D eigenvalue weighted by Crippen LogP contribution is 2.59. The van der Waals surface area contributed by atoms with Crippen molar-refractivity contribution in [3.8, 4) is 11.3 Å². The van der Waals surface area contributed by atoms with E-state index in [2.05, 4.69) is 17.3 Å². The molecule has 0 spiro atoms. The minimum atomic E-state index is -0.892. The summed E-state index contributed by atoms with van der Waals surface area (Å²) >= 11 is 14.7. The molecule has 5 nitrogen and oxygen atoms in total. The third-order valence-electron chi connectivity index (χ3n) is 8.91. The second-order valence-corrected chi connectivity index (χ2v) is 12.9. The number of thiazole rings is 1. The predicted molar refractivity (Wildman–Crippen MR) is 151 cm³/mol. The van der Waals surface area contributed by atoms with Crippen LogP contribution in [0.5, 0.6) is 0 Å². The Bertz CT molecular complexity index is 1570. The van der Waals surface area contributed by atoms with Crippen molar-refractivity contribution < 1.29 is 14.4 Å². The van der Waals surface area contributed by atoms with E-state index in [4.69, 9.17) is 32.7 Å². The van der Waals surface area contributed by atoms with Crippen molar-refractivity contribution in [3.63, 3.8) is 0 Å². The molecule has 8 heteroatoms. The molecule has 4 aliphatic carbocycles. The number of rotatable bonds is 6. The standard InChI is InChI=1S/C30H26Cl2N2O3S/c31-20-4-2-5-21(32)23(20)24-18(25(37-34-24)17-7-8-17)9-10-29-11-14-30(15-12-29,16-13-29)28-33-22-6-1-3-19(27(35)36)26(22)38-28/h1-6,9-10,17H,7-8,11-16H2,(H,35,36). The topological polar surface area (TPSA) is 76.2 Å². The molecule has 4 aromatic rings. The predicted octanol–water partition coefficient (Wildman–Crippen LogP) is 9.14. The lowest BCUT2D eigenvalue weighted by Gasteiger charge is -2.51. The number of hydrogen-bond acceptors (Lipinski definition) is 5. The quantitative estimate of drug-likeness (QED) is 0.252. The highest BCUT2D eigenvalue weighted by atomic mass is 35.5. The van der Waals surface area contributed by atoms with Gasteiger partial charge < -0.3 is 9.63 Å². The van der Waals surface area contributed by atoms with Crippen molar-refractivity contribution in [1.29, 1.82) is 0 Å². The molecule has 194 valence electrons. The number of fused-ring (bicyclic) bond motifs is 4. The molecule has 0 saturated heterocycles. The number of nitrogens with zero attached hydrogens (tertiary/aromatic N) is 2.